The van der Waals surface area contributed by atoms with Crippen molar-refractivity contribution < 1.29 is 27.5 Å². The molecule has 0 aliphatic carbocycles. The lowest BCUT2D eigenvalue weighted by molar-refractivity contribution is -0.137. The van der Waals surface area contributed by atoms with Crippen LogP contribution in [0.25, 0.3) is 20.8 Å². The minimum Gasteiger partial charge on any atom is -0.453 e. The smallest absolute Gasteiger partial charge is 0.416 e. The van der Waals surface area contributed by atoms with Gasteiger partial charge in [0.15, 0.2) is 0 Å². The normalized spacial score (nSPS) is 13.5. The van der Waals surface area contributed by atoms with Crippen LogP contribution in [0.15, 0.2) is 48.5 Å². The van der Waals surface area contributed by atoms with Crippen molar-refractivity contribution in [1.82, 2.24) is 9.88 Å². The number of aromatic nitrogens is 1. The Hall–Kier alpha value is -3.44. The van der Waals surface area contributed by atoms with Crippen molar-refractivity contribution in [3.8, 4) is 10.6 Å². The molecule has 2 aromatic heterocycles. The molecule has 0 unspecified atom stereocenters. The summed E-state index contributed by atoms with van der Waals surface area (Å²) in [4.78, 5) is 32.3. The number of nitrogens with zero attached hydrogens (tertiary/aromatic N) is 2. The van der Waals surface area contributed by atoms with Gasteiger partial charge in [0.2, 0.25) is 0 Å². The molecule has 2 aromatic carbocycles. The number of alkyl halides is 3. The summed E-state index contributed by atoms with van der Waals surface area (Å²) < 4.78 is 45.3. The van der Waals surface area contributed by atoms with Gasteiger partial charge in [0.25, 0.3) is 5.91 Å². The average molecular weight is 518 g/mol. The Labute approximate surface area is 206 Å². The fraction of sp³-hybridized carbons (Fsp3) is 0.208. The van der Waals surface area contributed by atoms with Gasteiger partial charge in [-0.15, -0.1) is 22.7 Å². The first-order valence-corrected chi connectivity index (χ1v) is 12.2. The standard InChI is InChI=1S/C24H18F3N3O3S2/c1-33-23(32)30-10-9-15-18(12-30)35-22(19(15)21-28-16-7-2-3-8-17(16)34-21)29-20(31)13-5-4-6-14(11-13)24(25,26)27/h2-8,11H,9-10,12H2,1H3,(H,29,31). The van der Waals surface area contributed by atoms with E-state index in [0.29, 0.717) is 29.5 Å². The lowest BCUT2D eigenvalue weighted by atomic mass is 10.0. The largest absolute Gasteiger partial charge is 0.453 e. The molecule has 2 amide bonds. The summed E-state index contributed by atoms with van der Waals surface area (Å²) in [5, 5.41) is 4.00. The maximum atomic E-state index is 13.2. The van der Waals surface area contributed by atoms with Crippen molar-refractivity contribution in [3.05, 3.63) is 70.1 Å². The van der Waals surface area contributed by atoms with Gasteiger partial charge in [-0.05, 0) is 42.3 Å². The molecule has 6 nitrogen and oxygen atoms in total. The van der Waals surface area contributed by atoms with Crippen molar-refractivity contribution in [2.24, 2.45) is 0 Å². The van der Waals surface area contributed by atoms with E-state index in [2.05, 4.69) is 5.32 Å². The van der Waals surface area contributed by atoms with Gasteiger partial charge in [-0.2, -0.15) is 13.2 Å². The molecule has 35 heavy (non-hydrogen) atoms. The Morgan fingerprint density at radius 3 is 2.66 bits per heavy atom. The maximum Gasteiger partial charge on any atom is 0.416 e. The highest BCUT2D eigenvalue weighted by Gasteiger charge is 2.32. The van der Waals surface area contributed by atoms with E-state index in [0.717, 1.165) is 38.4 Å². The molecule has 1 aliphatic rings. The van der Waals surface area contributed by atoms with Crippen molar-refractivity contribution in [2.75, 3.05) is 19.0 Å². The second kappa shape index (κ2) is 8.97. The minimum absolute atomic E-state index is 0.0994. The zero-order valence-corrected chi connectivity index (χ0v) is 19.9. The predicted octanol–water partition coefficient (Wildman–Crippen LogP) is 6.42. The second-order valence-corrected chi connectivity index (χ2v) is 10.0. The summed E-state index contributed by atoms with van der Waals surface area (Å²) in [5.74, 6) is -0.651. The molecule has 0 saturated heterocycles. The first kappa shape index (κ1) is 23.3. The number of hydrogen-bond donors (Lipinski definition) is 1. The van der Waals surface area contributed by atoms with Gasteiger partial charge in [0.1, 0.15) is 10.0 Å². The van der Waals surface area contributed by atoms with Crippen LogP contribution in [0.2, 0.25) is 0 Å². The Kier molecular flexibility index (Phi) is 5.97. The van der Waals surface area contributed by atoms with E-state index in [-0.39, 0.29) is 5.56 Å². The molecule has 0 saturated carbocycles. The van der Waals surface area contributed by atoms with Gasteiger partial charge in [0.05, 0.1) is 29.4 Å². The van der Waals surface area contributed by atoms with Crippen LogP contribution < -0.4 is 5.32 Å². The molecule has 0 spiro atoms. The lowest BCUT2D eigenvalue weighted by Crippen LogP contribution is -2.35. The zero-order valence-electron chi connectivity index (χ0n) is 18.3. The van der Waals surface area contributed by atoms with Crippen molar-refractivity contribution in [2.45, 2.75) is 19.1 Å². The van der Waals surface area contributed by atoms with Crippen LogP contribution in [0.3, 0.4) is 0 Å². The Morgan fingerprint density at radius 2 is 1.91 bits per heavy atom. The number of thiophene rings is 1. The SMILES string of the molecule is COC(=O)N1CCc2c(sc(NC(=O)c3cccc(C(F)(F)F)c3)c2-c2nc3ccccc3s2)C1. The second-order valence-electron chi connectivity index (χ2n) is 7.87. The summed E-state index contributed by atoms with van der Waals surface area (Å²) >= 11 is 2.77. The third-order valence-electron chi connectivity index (χ3n) is 5.68. The number of methoxy groups -OCH3 is 1. The van der Waals surface area contributed by atoms with E-state index in [1.54, 1.807) is 4.90 Å². The number of thiazole rings is 1. The number of ether oxygens (including phenoxy) is 1. The Morgan fingerprint density at radius 1 is 1.11 bits per heavy atom. The first-order chi connectivity index (χ1) is 16.7. The molecule has 0 fully saturated rings. The van der Waals surface area contributed by atoms with Crippen LogP contribution in [0.1, 0.15) is 26.4 Å². The molecular formula is C24H18F3N3O3S2. The van der Waals surface area contributed by atoms with Gasteiger partial charge in [-0.1, -0.05) is 18.2 Å². The van der Waals surface area contributed by atoms with Crippen LogP contribution in [0.5, 0.6) is 0 Å². The number of fused-ring (bicyclic) bond motifs is 2. The molecule has 1 aliphatic heterocycles. The maximum absolute atomic E-state index is 13.2. The third-order valence-corrected chi connectivity index (χ3v) is 7.86. The number of rotatable bonds is 3. The molecule has 180 valence electrons. The summed E-state index contributed by atoms with van der Waals surface area (Å²) in [5.41, 5.74) is 1.53. The molecule has 0 bridgehead atoms. The highest BCUT2D eigenvalue weighted by atomic mass is 32.1. The average Bonchev–Trinajstić information content (AvgIpc) is 3.43. The number of amides is 2. The molecule has 3 heterocycles. The molecule has 0 radical (unpaired) electrons. The summed E-state index contributed by atoms with van der Waals surface area (Å²) in [7, 11) is 1.32. The molecule has 4 aromatic rings. The van der Waals surface area contributed by atoms with Gasteiger partial charge in [-0.25, -0.2) is 9.78 Å². The molecule has 0 atom stereocenters. The number of carbonyl (C=O) groups excluding carboxylic acids is 2. The van der Waals surface area contributed by atoms with Gasteiger partial charge < -0.3 is 15.0 Å². The molecular weight excluding hydrogens is 499 g/mol. The number of hydrogen-bond acceptors (Lipinski definition) is 6. The topological polar surface area (TPSA) is 71.5 Å². The fourth-order valence-electron chi connectivity index (χ4n) is 3.99. The number of para-hydroxylation sites is 1. The predicted molar refractivity (Wildman–Crippen MR) is 129 cm³/mol. The minimum atomic E-state index is -4.55. The number of carbonyl (C=O) groups is 2. The zero-order chi connectivity index (χ0) is 24.7. The van der Waals surface area contributed by atoms with Gasteiger partial charge in [-0.3, -0.25) is 4.79 Å². The quantitative estimate of drug-likeness (QED) is 0.340. The van der Waals surface area contributed by atoms with E-state index in [9.17, 15) is 22.8 Å². The molecule has 11 heteroatoms. The lowest BCUT2D eigenvalue weighted by Gasteiger charge is -2.25. The molecule has 1 N–H and O–H groups in total. The van der Waals surface area contributed by atoms with E-state index < -0.39 is 23.7 Å². The van der Waals surface area contributed by atoms with Crippen molar-refractivity contribution in [3.63, 3.8) is 0 Å². The first-order valence-electron chi connectivity index (χ1n) is 10.6. The number of nitrogens with one attached hydrogen (secondary N) is 1. The van der Waals surface area contributed by atoms with E-state index in [4.69, 9.17) is 9.72 Å². The van der Waals surface area contributed by atoms with Crippen molar-refractivity contribution >= 4 is 49.9 Å². The number of anilines is 1. The van der Waals surface area contributed by atoms with Gasteiger partial charge in [0, 0.05) is 22.5 Å². The van der Waals surface area contributed by atoms with Crippen LogP contribution in [-0.4, -0.2) is 35.5 Å². The highest BCUT2D eigenvalue weighted by Crippen LogP contribution is 2.46. The summed E-state index contributed by atoms with van der Waals surface area (Å²) in [6, 6.07) is 12.0. The van der Waals surface area contributed by atoms with Crippen LogP contribution >= 0.6 is 22.7 Å². The van der Waals surface area contributed by atoms with Crippen LogP contribution in [-0.2, 0) is 23.9 Å². The van der Waals surface area contributed by atoms with E-state index >= 15 is 0 Å². The fourth-order valence-corrected chi connectivity index (χ4v) is 6.36. The van der Waals surface area contributed by atoms with Crippen LogP contribution in [0, 0.1) is 0 Å². The Bertz CT molecular complexity index is 1410. The third kappa shape index (κ3) is 4.48. The van der Waals surface area contributed by atoms with Crippen molar-refractivity contribution in [1.29, 1.82) is 0 Å². The Balaban J connectivity index is 1.56. The monoisotopic (exact) mass is 517 g/mol. The highest BCUT2D eigenvalue weighted by molar-refractivity contribution is 7.23. The van der Waals surface area contributed by atoms with Gasteiger partial charge >= 0.3 is 12.3 Å². The van der Waals surface area contributed by atoms with Crippen LogP contribution in [0.4, 0.5) is 23.0 Å². The number of benzene rings is 2. The molecule has 5 rings (SSSR count). The van der Waals surface area contributed by atoms with E-state index in [1.165, 1.54) is 41.9 Å². The summed E-state index contributed by atoms with van der Waals surface area (Å²) in [6.45, 7) is 0.749. The van der Waals surface area contributed by atoms with E-state index in [1.807, 2.05) is 24.3 Å². The number of halogens is 3. The summed E-state index contributed by atoms with van der Waals surface area (Å²) in [6.07, 6.45) is -4.46.